The number of rotatable bonds is 6. The number of ether oxygens (including phenoxy) is 2. The Balaban J connectivity index is 2.31. The fourth-order valence-corrected chi connectivity index (χ4v) is 4.39. The van der Waals surface area contributed by atoms with Gasteiger partial charge in [-0.1, -0.05) is 59.0 Å². The van der Waals surface area contributed by atoms with Crippen LogP contribution in [0.3, 0.4) is 0 Å². The van der Waals surface area contributed by atoms with Crippen molar-refractivity contribution in [2.75, 3.05) is 13.4 Å². The highest BCUT2D eigenvalue weighted by Crippen LogP contribution is 2.41. The Bertz CT molecular complexity index is 787. The van der Waals surface area contributed by atoms with E-state index in [1.54, 1.807) is 0 Å². The summed E-state index contributed by atoms with van der Waals surface area (Å²) in [5, 5.41) is 0. The SMILES string of the molecule is CC1(C)CCC(=O)c2c(OCOCC[Si](C)(C)C)cc(C#C[Si](C)(C)C)cc21. The second kappa shape index (κ2) is 8.56. The number of Topliss-reactive ketones (excluding diaryl/α,β-unsaturated/α-hetero) is 1. The lowest BCUT2D eigenvalue weighted by Crippen LogP contribution is -2.28. The molecule has 0 unspecified atom stereocenters. The lowest BCUT2D eigenvalue weighted by Gasteiger charge is -2.33. The van der Waals surface area contributed by atoms with Gasteiger partial charge in [-0.2, -0.15) is 0 Å². The number of benzene rings is 1. The van der Waals surface area contributed by atoms with Crippen LogP contribution < -0.4 is 4.74 Å². The van der Waals surface area contributed by atoms with Gasteiger partial charge in [-0.05, 0) is 35.6 Å². The van der Waals surface area contributed by atoms with Gasteiger partial charge in [-0.25, -0.2) is 0 Å². The second-order valence-corrected chi connectivity index (χ2v) is 21.1. The summed E-state index contributed by atoms with van der Waals surface area (Å²) < 4.78 is 11.7. The number of ketones is 1. The Morgan fingerprint density at radius 3 is 2.39 bits per heavy atom. The van der Waals surface area contributed by atoms with E-state index >= 15 is 0 Å². The van der Waals surface area contributed by atoms with E-state index in [0.717, 1.165) is 29.2 Å². The molecule has 0 spiro atoms. The molecule has 0 amide bonds. The Morgan fingerprint density at radius 2 is 1.79 bits per heavy atom. The highest BCUT2D eigenvalue weighted by atomic mass is 28.3. The minimum Gasteiger partial charge on any atom is -0.467 e. The summed E-state index contributed by atoms with van der Waals surface area (Å²) in [6.45, 7) is 19.0. The van der Waals surface area contributed by atoms with E-state index in [-0.39, 0.29) is 18.0 Å². The highest BCUT2D eigenvalue weighted by Gasteiger charge is 2.34. The van der Waals surface area contributed by atoms with Crippen molar-refractivity contribution in [3.8, 4) is 17.2 Å². The van der Waals surface area contributed by atoms with Crippen LogP contribution in [0.25, 0.3) is 0 Å². The van der Waals surface area contributed by atoms with Crippen molar-refractivity contribution in [1.29, 1.82) is 0 Å². The van der Waals surface area contributed by atoms with Crippen LogP contribution in [-0.4, -0.2) is 35.3 Å². The van der Waals surface area contributed by atoms with Crippen molar-refractivity contribution in [3.05, 3.63) is 28.8 Å². The molecule has 0 saturated carbocycles. The van der Waals surface area contributed by atoms with Crippen LogP contribution in [0.15, 0.2) is 12.1 Å². The van der Waals surface area contributed by atoms with Crippen molar-refractivity contribution in [1.82, 2.24) is 0 Å². The first-order valence-electron chi connectivity index (χ1n) is 10.2. The number of carbonyl (C=O) groups is 1. The maximum atomic E-state index is 12.7. The van der Waals surface area contributed by atoms with Crippen molar-refractivity contribution in [2.24, 2.45) is 0 Å². The molecular weight excluding hydrogens is 380 g/mol. The first-order chi connectivity index (χ1) is 12.8. The molecule has 0 atom stereocenters. The van der Waals surface area contributed by atoms with Gasteiger partial charge in [0.25, 0.3) is 0 Å². The van der Waals surface area contributed by atoms with Crippen LogP contribution in [0.5, 0.6) is 5.75 Å². The highest BCUT2D eigenvalue weighted by molar-refractivity contribution is 6.83. The molecule has 0 N–H and O–H groups in total. The van der Waals surface area contributed by atoms with Crippen molar-refractivity contribution < 1.29 is 14.3 Å². The predicted octanol–water partition coefficient (Wildman–Crippen LogP) is 5.86. The van der Waals surface area contributed by atoms with E-state index in [2.05, 4.69) is 70.7 Å². The predicted molar refractivity (Wildman–Crippen MR) is 123 cm³/mol. The minimum absolute atomic E-state index is 0.0586. The molecule has 0 aromatic heterocycles. The Labute approximate surface area is 173 Å². The van der Waals surface area contributed by atoms with Gasteiger partial charge in [0, 0.05) is 26.7 Å². The van der Waals surface area contributed by atoms with Gasteiger partial charge >= 0.3 is 0 Å². The second-order valence-electron chi connectivity index (χ2n) is 10.7. The first kappa shape index (κ1) is 22.9. The molecule has 1 aliphatic rings. The monoisotopic (exact) mass is 416 g/mol. The smallest absolute Gasteiger partial charge is 0.189 e. The average Bonchev–Trinajstić information content (AvgIpc) is 2.54. The third-order valence-corrected chi connectivity index (χ3v) is 7.54. The molecule has 2 rings (SSSR count). The normalized spacial score (nSPS) is 16.2. The molecule has 0 fully saturated rings. The zero-order chi connectivity index (χ0) is 21.2. The van der Waals surface area contributed by atoms with Gasteiger partial charge in [0.1, 0.15) is 13.8 Å². The van der Waals surface area contributed by atoms with E-state index in [0.29, 0.717) is 18.8 Å². The number of fused-ring (bicyclic) bond motifs is 1. The minimum atomic E-state index is -1.49. The standard InChI is InChI=1S/C23H36O3Si2/c1-23(2)11-9-20(24)22-19(23)15-18(10-13-27(3,4)5)16-21(22)26-17-25-12-14-28(6,7)8/h15-16H,9,11-12,14,17H2,1-8H3. The molecule has 0 saturated heterocycles. The number of hydrogen-bond acceptors (Lipinski definition) is 3. The number of carbonyl (C=O) groups excluding carboxylic acids is 1. The van der Waals surface area contributed by atoms with E-state index in [1.807, 2.05) is 6.07 Å². The Morgan fingerprint density at radius 1 is 1.11 bits per heavy atom. The molecule has 5 heteroatoms. The first-order valence-corrected chi connectivity index (χ1v) is 17.4. The van der Waals surface area contributed by atoms with Gasteiger partial charge in [0.05, 0.1) is 5.56 Å². The fraction of sp³-hybridized carbons (Fsp3) is 0.609. The molecule has 3 nitrogen and oxygen atoms in total. The maximum absolute atomic E-state index is 12.7. The van der Waals surface area contributed by atoms with E-state index < -0.39 is 16.1 Å². The van der Waals surface area contributed by atoms with Crippen molar-refractivity contribution >= 4 is 21.9 Å². The molecule has 154 valence electrons. The van der Waals surface area contributed by atoms with Gasteiger partial charge in [0.2, 0.25) is 0 Å². The largest absolute Gasteiger partial charge is 0.467 e. The summed E-state index contributed by atoms with van der Waals surface area (Å²) in [5.74, 6) is 4.13. The summed E-state index contributed by atoms with van der Waals surface area (Å²) in [6.07, 6.45) is 1.42. The molecule has 0 heterocycles. The maximum Gasteiger partial charge on any atom is 0.189 e. The lowest BCUT2D eigenvalue weighted by molar-refractivity contribution is 0.0213. The molecule has 28 heavy (non-hydrogen) atoms. The molecule has 0 aliphatic heterocycles. The van der Waals surface area contributed by atoms with Gasteiger partial charge in [-0.15, -0.1) is 5.54 Å². The zero-order valence-corrected chi connectivity index (χ0v) is 20.9. The van der Waals surface area contributed by atoms with Crippen LogP contribution in [0.2, 0.25) is 45.3 Å². The molecule has 1 aromatic carbocycles. The van der Waals surface area contributed by atoms with Gasteiger partial charge < -0.3 is 9.47 Å². The molecule has 0 bridgehead atoms. The fourth-order valence-electron chi connectivity index (χ4n) is 3.11. The lowest BCUT2D eigenvalue weighted by atomic mass is 9.71. The van der Waals surface area contributed by atoms with Gasteiger partial charge in [0.15, 0.2) is 12.6 Å². The summed E-state index contributed by atoms with van der Waals surface area (Å²) in [4.78, 5) is 12.7. The quantitative estimate of drug-likeness (QED) is 0.252. The van der Waals surface area contributed by atoms with E-state index in [1.165, 1.54) is 0 Å². The van der Waals surface area contributed by atoms with Crippen LogP contribution in [0.1, 0.15) is 48.2 Å². The van der Waals surface area contributed by atoms with Crippen LogP contribution in [0.4, 0.5) is 0 Å². The third-order valence-electron chi connectivity index (χ3n) is 4.96. The Kier molecular flexibility index (Phi) is 7.01. The van der Waals surface area contributed by atoms with Crippen molar-refractivity contribution in [2.45, 2.75) is 77.4 Å². The third kappa shape index (κ3) is 6.61. The summed E-state index contributed by atoms with van der Waals surface area (Å²) in [6, 6.07) is 5.12. The van der Waals surface area contributed by atoms with Gasteiger partial charge in [-0.3, -0.25) is 4.79 Å². The topological polar surface area (TPSA) is 35.5 Å². The summed E-state index contributed by atoms with van der Waals surface area (Å²) in [7, 11) is -2.61. The van der Waals surface area contributed by atoms with Crippen LogP contribution in [-0.2, 0) is 10.2 Å². The average molecular weight is 417 g/mol. The zero-order valence-electron chi connectivity index (χ0n) is 18.9. The van der Waals surface area contributed by atoms with Crippen LogP contribution in [0, 0.1) is 11.5 Å². The summed E-state index contributed by atoms with van der Waals surface area (Å²) in [5.41, 5.74) is 6.08. The van der Waals surface area contributed by atoms with Crippen molar-refractivity contribution in [3.63, 3.8) is 0 Å². The molecular formula is C23H36O3Si2. The van der Waals surface area contributed by atoms with E-state index in [9.17, 15) is 4.79 Å². The number of hydrogen-bond donors (Lipinski definition) is 0. The van der Waals surface area contributed by atoms with E-state index in [4.69, 9.17) is 9.47 Å². The van der Waals surface area contributed by atoms with Crippen LogP contribution >= 0.6 is 0 Å². The Hall–Kier alpha value is -1.36. The summed E-state index contributed by atoms with van der Waals surface area (Å²) >= 11 is 0. The molecule has 1 aliphatic carbocycles. The molecule has 0 radical (unpaired) electrons. The molecule has 1 aromatic rings.